The minimum absolute atomic E-state index is 0.0174. The first kappa shape index (κ1) is 12.6. The van der Waals surface area contributed by atoms with Gasteiger partial charge in [0.25, 0.3) is 0 Å². The fourth-order valence-electron chi connectivity index (χ4n) is 1.16. The summed E-state index contributed by atoms with van der Waals surface area (Å²) in [6.07, 6.45) is 1.68. The van der Waals surface area contributed by atoms with Gasteiger partial charge in [-0.05, 0) is 5.92 Å². The highest BCUT2D eigenvalue weighted by Crippen LogP contribution is 1.91. The van der Waals surface area contributed by atoms with Crippen LogP contribution in [0.5, 0.6) is 0 Å². The summed E-state index contributed by atoms with van der Waals surface area (Å²) in [5, 5.41) is 13.4. The molecule has 6 heteroatoms. The molecular weight excluding hydrogens is 206 g/mol. The average Bonchev–Trinajstić information content (AvgIpc) is 2.61. The molecule has 1 amide bonds. The van der Waals surface area contributed by atoms with Gasteiger partial charge in [0.2, 0.25) is 5.91 Å². The Balaban J connectivity index is 2.16. The van der Waals surface area contributed by atoms with Gasteiger partial charge in [-0.15, -0.1) is 5.10 Å². The lowest BCUT2D eigenvalue weighted by molar-refractivity contribution is -0.120. The highest BCUT2D eigenvalue weighted by Gasteiger charge is 2.03. The molecule has 0 saturated heterocycles. The van der Waals surface area contributed by atoms with Crippen LogP contribution in [0.4, 0.5) is 0 Å². The predicted molar refractivity (Wildman–Crippen MR) is 60.6 cm³/mol. The summed E-state index contributed by atoms with van der Waals surface area (Å²) in [7, 11) is 1.82. The molecule has 16 heavy (non-hydrogen) atoms. The maximum Gasteiger partial charge on any atom is 0.233 e. The van der Waals surface area contributed by atoms with Crippen LogP contribution in [-0.2, 0) is 18.4 Å². The number of carbonyl (C=O) groups excluding carboxylic acids is 1. The highest BCUT2D eigenvalue weighted by molar-refractivity contribution is 5.77. The molecule has 90 valence electrons. The van der Waals surface area contributed by atoms with E-state index in [9.17, 15) is 4.79 Å². The Morgan fingerprint density at radius 1 is 1.56 bits per heavy atom. The molecule has 1 aromatic heterocycles. The van der Waals surface area contributed by atoms with Crippen LogP contribution in [0, 0.1) is 5.92 Å². The lowest BCUT2D eigenvalue weighted by atomic mass is 10.2. The summed E-state index contributed by atoms with van der Waals surface area (Å²) >= 11 is 0. The first-order valence-corrected chi connectivity index (χ1v) is 5.40. The van der Waals surface area contributed by atoms with Gasteiger partial charge in [-0.25, -0.2) is 0 Å². The second-order valence-corrected chi connectivity index (χ2v) is 4.15. The predicted octanol–water partition coefficient (Wildman–Crippen LogP) is -0.323. The molecule has 0 aliphatic heterocycles. The van der Waals surface area contributed by atoms with Crippen LogP contribution in [-0.4, -0.2) is 34.0 Å². The van der Waals surface area contributed by atoms with E-state index in [1.165, 1.54) is 0 Å². The van der Waals surface area contributed by atoms with Gasteiger partial charge in [-0.1, -0.05) is 19.1 Å². The number of aromatic nitrogens is 3. The fraction of sp³-hybridized carbons (Fsp3) is 0.700. The van der Waals surface area contributed by atoms with Crippen molar-refractivity contribution in [2.45, 2.75) is 20.4 Å². The van der Waals surface area contributed by atoms with Crippen LogP contribution in [0.3, 0.4) is 0 Å². The Morgan fingerprint density at radius 3 is 2.88 bits per heavy atom. The van der Waals surface area contributed by atoms with Crippen molar-refractivity contribution in [3.63, 3.8) is 0 Å². The first-order chi connectivity index (χ1) is 7.59. The summed E-state index contributed by atoms with van der Waals surface area (Å²) in [4.78, 5) is 11.3. The van der Waals surface area contributed by atoms with E-state index in [1.807, 2.05) is 7.05 Å². The molecule has 0 atom stereocenters. The maximum absolute atomic E-state index is 11.3. The second kappa shape index (κ2) is 6.22. The minimum atomic E-state index is 0.0174. The zero-order valence-corrected chi connectivity index (χ0v) is 10.0. The van der Waals surface area contributed by atoms with E-state index in [-0.39, 0.29) is 5.91 Å². The van der Waals surface area contributed by atoms with Gasteiger partial charge in [0.05, 0.1) is 18.4 Å². The minimum Gasteiger partial charge on any atom is -0.355 e. The van der Waals surface area contributed by atoms with Crippen LogP contribution in [0.25, 0.3) is 0 Å². The summed E-state index contributed by atoms with van der Waals surface area (Å²) in [6.45, 7) is 5.76. The number of aryl methyl sites for hydroxylation is 1. The quantitative estimate of drug-likeness (QED) is 0.696. The van der Waals surface area contributed by atoms with Crippen molar-refractivity contribution in [2.24, 2.45) is 13.0 Å². The van der Waals surface area contributed by atoms with E-state index in [1.54, 1.807) is 10.9 Å². The van der Waals surface area contributed by atoms with E-state index in [2.05, 4.69) is 34.8 Å². The number of carbonyl (C=O) groups is 1. The zero-order valence-electron chi connectivity index (χ0n) is 10.0. The molecular formula is C10H19N5O. The summed E-state index contributed by atoms with van der Waals surface area (Å²) in [5.74, 6) is 0.494. The van der Waals surface area contributed by atoms with Gasteiger partial charge in [0.15, 0.2) is 0 Å². The summed E-state index contributed by atoms with van der Waals surface area (Å²) in [5.41, 5.74) is 0.955. The van der Waals surface area contributed by atoms with Gasteiger partial charge in [-0.2, -0.15) is 0 Å². The number of hydrogen-bond donors (Lipinski definition) is 2. The molecule has 0 aromatic carbocycles. The SMILES string of the molecule is CC(C)CNC(=O)CNCc1cnnn1C. The van der Waals surface area contributed by atoms with E-state index in [4.69, 9.17) is 0 Å². The number of hydrogen-bond acceptors (Lipinski definition) is 4. The van der Waals surface area contributed by atoms with Crippen LogP contribution in [0.1, 0.15) is 19.5 Å². The van der Waals surface area contributed by atoms with Gasteiger partial charge < -0.3 is 10.6 Å². The van der Waals surface area contributed by atoms with Crippen molar-refractivity contribution in [1.29, 1.82) is 0 Å². The standard InChI is InChI=1S/C10H19N5O/c1-8(2)4-12-10(16)7-11-5-9-6-13-14-15(9)3/h6,8,11H,4-5,7H2,1-3H3,(H,12,16). The summed E-state index contributed by atoms with van der Waals surface area (Å²) in [6, 6.07) is 0. The Morgan fingerprint density at radius 2 is 2.31 bits per heavy atom. The third-order valence-corrected chi connectivity index (χ3v) is 2.11. The van der Waals surface area contributed by atoms with Gasteiger partial charge in [-0.3, -0.25) is 9.48 Å². The monoisotopic (exact) mass is 225 g/mol. The molecule has 0 unspecified atom stereocenters. The fourth-order valence-corrected chi connectivity index (χ4v) is 1.16. The van der Waals surface area contributed by atoms with E-state index in [0.29, 0.717) is 25.6 Å². The van der Waals surface area contributed by atoms with Crippen molar-refractivity contribution >= 4 is 5.91 Å². The van der Waals surface area contributed by atoms with Gasteiger partial charge >= 0.3 is 0 Å². The molecule has 0 fully saturated rings. The third kappa shape index (κ3) is 4.39. The Labute approximate surface area is 95.4 Å². The van der Waals surface area contributed by atoms with Crippen molar-refractivity contribution in [3.8, 4) is 0 Å². The van der Waals surface area contributed by atoms with Crippen LogP contribution in [0.2, 0.25) is 0 Å². The molecule has 0 radical (unpaired) electrons. The van der Waals surface area contributed by atoms with Crippen molar-refractivity contribution in [1.82, 2.24) is 25.6 Å². The molecule has 2 N–H and O–H groups in total. The summed E-state index contributed by atoms with van der Waals surface area (Å²) < 4.78 is 1.68. The molecule has 0 aliphatic carbocycles. The third-order valence-electron chi connectivity index (χ3n) is 2.11. The van der Waals surface area contributed by atoms with E-state index in [0.717, 1.165) is 5.69 Å². The zero-order chi connectivity index (χ0) is 12.0. The molecule has 6 nitrogen and oxygen atoms in total. The number of amides is 1. The molecule has 0 spiro atoms. The van der Waals surface area contributed by atoms with Gasteiger partial charge in [0.1, 0.15) is 0 Å². The normalized spacial score (nSPS) is 10.8. The Bertz CT molecular complexity index is 334. The van der Waals surface area contributed by atoms with Crippen LogP contribution in [0.15, 0.2) is 6.20 Å². The maximum atomic E-state index is 11.3. The van der Waals surface area contributed by atoms with E-state index < -0.39 is 0 Å². The second-order valence-electron chi connectivity index (χ2n) is 4.15. The topological polar surface area (TPSA) is 71.8 Å². The number of nitrogens with zero attached hydrogens (tertiary/aromatic N) is 3. The van der Waals surface area contributed by atoms with E-state index >= 15 is 0 Å². The smallest absolute Gasteiger partial charge is 0.233 e. The molecule has 1 aromatic rings. The molecule has 0 aliphatic rings. The first-order valence-electron chi connectivity index (χ1n) is 5.40. The van der Waals surface area contributed by atoms with Crippen molar-refractivity contribution in [2.75, 3.05) is 13.1 Å². The molecule has 1 heterocycles. The van der Waals surface area contributed by atoms with Crippen LogP contribution < -0.4 is 10.6 Å². The number of rotatable bonds is 6. The average molecular weight is 225 g/mol. The van der Waals surface area contributed by atoms with Crippen molar-refractivity contribution in [3.05, 3.63) is 11.9 Å². The Hall–Kier alpha value is -1.43. The Kier molecular flexibility index (Phi) is 4.91. The van der Waals surface area contributed by atoms with Gasteiger partial charge in [0, 0.05) is 20.1 Å². The molecule has 0 saturated carbocycles. The van der Waals surface area contributed by atoms with Crippen molar-refractivity contribution < 1.29 is 4.79 Å². The lowest BCUT2D eigenvalue weighted by Gasteiger charge is -2.08. The lowest BCUT2D eigenvalue weighted by Crippen LogP contribution is -2.35. The highest BCUT2D eigenvalue weighted by atomic mass is 16.1. The largest absolute Gasteiger partial charge is 0.355 e. The number of nitrogens with one attached hydrogen (secondary N) is 2. The molecule has 0 bridgehead atoms. The van der Waals surface area contributed by atoms with Crippen LogP contribution >= 0.6 is 0 Å². The molecule has 1 rings (SSSR count).